The number of nitrogens with one attached hydrogen (secondary N) is 2. The van der Waals surface area contributed by atoms with Gasteiger partial charge in [0.1, 0.15) is 6.33 Å². The zero-order chi connectivity index (χ0) is 15.4. The van der Waals surface area contributed by atoms with Crippen molar-refractivity contribution in [3.8, 4) is 0 Å². The molecule has 0 aliphatic rings. The van der Waals surface area contributed by atoms with Gasteiger partial charge in [-0.3, -0.25) is 19.7 Å². The smallest absolute Gasteiger partial charge is 0.267 e. The molecular formula is C15H13N5O2. The van der Waals surface area contributed by atoms with Crippen LogP contribution in [0.15, 0.2) is 43.1 Å². The molecule has 7 heteroatoms. The SMILES string of the molecule is O=C(Cc1c[nH]cc1Cc1ccccn1)C(=O)c1nc[nH]n1. The van der Waals surface area contributed by atoms with Crippen molar-refractivity contribution in [2.75, 3.05) is 0 Å². The second-order valence-electron chi connectivity index (χ2n) is 4.76. The lowest BCUT2D eigenvalue weighted by atomic mass is 10.0. The van der Waals surface area contributed by atoms with Gasteiger partial charge < -0.3 is 4.98 Å². The minimum atomic E-state index is -0.689. The molecule has 110 valence electrons. The van der Waals surface area contributed by atoms with Gasteiger partial charge in [-0.05, 0) is 23.3 Å². The summed E-state index contributed by atoms with van der Waals surface area (Å²) in [4.78, 5) is 34.9. The first-order valence-electron chi connectivity index (χ1n) is 6.72. The van der Waals surface area contributed by atoms with Gasteiger partial charge in [0, 0.05) is 37.1 Å². The van der Waals surface area contributed by atoms with E-state index in [9.17, 15) is 9.59 Å². The Morgan fingerprint density at radius 3 is 2.68 bits per heavy atom. The Bertz CT molecular complexity index is 777. The largest absolute Gasteiger partial charge is 0.367 e. The van der Waals surface area contributed by atoms with Gasteiger partial charge in [-0.2, -0.15) is 0 Å². The Hall–Kier alpha value is -3.09. The fourth-order valence-corrected chi connectivity index (χ4v) is 2.15. The number of rotatable bonds is 6. The van der Waals surface area contributed by atoms with Crippen LogP contribution in [0.4, 0.5) is 0 Å². The maximum atomic E-state index is 12.0. The van der Waals surface area contributed by atoms with Crippen molar-refractivity contribution < 1.29 is 9.59 Å². The number of pyridine rings is 1. The molecule has 2 N–H and O–H groups in total. The molecule has 0 amide bonds. The highest BCUT2D eigenvalue weighted by molar-refractivity contribution is 6.43. The summed E-state index contributed by atoms with van der Waals surface area (Å²) < 4.78 is 0. The monoisotopic (exact) mass is 295 g/mol. The van der Waals surface area contributed by atoms with Crippen LogP contribution in [0, 0.1) is 0 Å². The molecule has 0 fully saturated rings. The Balaban J connectivity index is 1.72. The third-order valence-corrected chi connectivity index (χ3v) is 3.25. The summed E-state index contributed by atoms with van der Waals surface area (Å²) >= 11 is 0. The number of carbonyl (C=O) groups excluding carboxylic acids is 2. The van der Waals surface area contributed by atoms with E-state index in [-0.39, 0.29) is 12.2 Å². The van der Waals surface area contributed by atoms with Crippen LogP contribution in [0.3, 0.4) is 0 Å². The fraction of sp³-hybridized carbons (Fsp3) is 0.133. The first-order valence-corrected chi connectivity index (χ1v) is 6.72. The number of Topliss-reactive ketones (excluding diaryl/α,β-unsaturated/α-hetero) is 2. The van der Waals surface area contributed by atoms with Gasteiger partial charge in [0.15, 0.2) is 0 Å². The Labute approximate surface area is 125 Å². The second kappa shape index (κ2) is 6.13. The first-order chi connectivity index (χ1) is 10.7. The van der Waals surface area contributed by atoms with E-state index in [0.29, 0.717) is 6.42 Å². The molecule has 3 heterocycles. The van der Waals surface area contributed by atoms with Crippen molar-refractivity contribution in [3.05, 3.63) is 65.8 Å². The summed E-state index contributed by atoms with van der Waals surface area (Å²) in [5.41, 5.74) is 2.62. The van der Waals surface area contributed by atoms with Gasteiger partial charge in [-0.1, -0.05) is 6.07 Å². The molecule has 0 radical (unpaired) electrons. The van der Waals surface area contributed by atoms with E-state index in [0.717, 1.165) is 16.8 Å². The molecule has 0 atom stereocenters. The molecule has 0 saturated heterocycles. The summed E-state index contributed by atoms with van der Waals surface area (Å²) in [7, 11) is 0. The van der Waals surface area contributed by atoms with E-state index >= 15 is 0 Å². The van der Waals surface area contributed by atoms with E-state index in [1.807, 2.05) is 24.4 Å². The highest BCUT2D eigenvalue weighted by atomic mass is 16.2. The van der Waals surface area contributed by atoms with E-state index in [4.69, 9.17) is 0 Å². The average molecular weight is 295 g/mol. The standard InChI is InChI=1S/C15H13N5O2/c21-13(14(22)15-18-9-19-20-15)6-11-8-16-7-10(11)5-12-3-1-2-4-17-12/h1-4,7-9,16H,5-6H2,(H,18,19,20). The zero-order valence-corrected chi connectivity index (χ0v) is 11.6. The first kappa shape index (κ1) is 13.9. The van der Waals surface area contributed by atoms with Crippen molar-refractivity contribution in [3.63, 3.8) is 0 Å². The molecule has 3 aromatic heterocycles. The topological polar surface area (TPSA) is 104 Å². The molecule has 0 bridgehead atoms. The molecule has 7 nitrogen and oxygen atoms in total. The average Bonchev–Trinajstić information content (AvgIpc) is 3.20. The lowest BCUT2D eigenvalue weighted by Gasteiger charge is -2.02. The molecule has 0 saturated carbocycles. The van der Waals surface area contributed by atoms with E-state index in [1.165, 1.54) is 6.33 Å². The number of nitrogens with zero attached hydrogens (tertiary/aromatic N) is 3. The number of hydrogen-bond donors (Lipinski definition) is 2. The maximum Gasteiger partial charge on any atom is 0.267 e. The molecule has 3 rings (SSSR count). The van der Waals surface area contributed by atoms with Crippen LogP contribution in [0.2, 0.25) is 0 Å². The molecule has 22 heavy (non-hydrogen) atoms. The minimum Gasteiger partial charge on any atom is -0.367 e. The lowest BCUT2D eigenvalue weighted by Crippen LogP contribution is -2.18. The van der Waals surface area contributed by atoms with Gasteiger partial charge >= 0.3 is 0 Å². The van der Waals surface area contributed by atoms with E-state index in [1.54, 1.807) is 12.4 Å². The number of aromatic nitrogens is 5. The Morgan fingerprint density at radius 2 is 1.95 bits per heavy atom. The quantitative estimate of drug-likeness (QED) is 0.523. The third-order valence-electron chi connectivity index (χ3n) is 3.25. The lowest BCUT2D eigenvalue weighted by molar-refractivity contribution is -0.114. The van der Waals surface area contributed by atoms with Crippen LogP contribution in [-0.4, -0.2) is 36.7 Å². The summed E-state index contributed by atoms with van der Waals surface area (Å²) in [5.74, 6) is -1.33. The summed E-state index contributed by atoms with van der Waals surface area (Å²) in [5, 5.41) is 6.05. The van der Waals surface area contributed by atoms with Crippen molar-refractivity contribution in [2.45, 2.75) is 12.8 Å². The predicted octanol–water partition coefficient (Wildman–Crippen LogP) is 1.11. The fourth-order valence-electron chi connectivity index (χ4n) is 2.15. The minimum absolute atomic E-state index is 0.0129. The molecule has 3 aromatic rings. The molecule has 0 aromatic carbocycles. The summed E-state index contributed by atoms with van der Waals surface area (Å²) in [6, 6.07) is 5.67. The highest BCUT2D eigenvalue weighted by Crippen LogP contribution is 2.14. The third kappa shape index (κ3) is 2.98. The van der Waals surface area contributed by atoms with Crippen LogP contribution < -0.4 is 0 Å². The van der Waals surface area contributed by atoms with Gasteiger partial charge in [0.25, 0.3) is 5.78 Å². The molecule has 0 aliphatic carbocycles. The van der Waals surface area contributed by atoms with Crippen LogP contribution in [-0.2, 0) is 17.6 Å². The highest BCUT2D eigenvalue weighted by Gasteiger charge is 2.21. The van der Waals surface area contributed by atoms with Crippen molar-refractivity contribution in [2.24, 2.45) is 0 Å². The van der Waals surface area contributed by atoms with Gasteiger partial charge in [-0.25, -0.2) is 4.98 Å². The van der Waals surface area contributed by atoms with Crippen LogP contribution >= 0.6 is 0 Å². The van der Waals surface area contributed by atoms with Crippen molar-refractivity contribution in [1.82, 2.24) is 25.1 Å². The Kier molecular flexibility index (Phi) is 3.86. The van der Waals surface area contributed by atoms with Crippen molar-refractivity contribution in [1.29, 1.82) is 0 Å². The summed E-state index contributed by atoms with van der Waals surface area (Å²) in [6.07, 6.45) is 7.14. The van der Waals surface area contributed by atoms with Gasteiger partial charge in [-0.15, -0.1) is 5.10 Å². The number of hydrogen-bond acceptors (Lipinski definition) is 5. The van der Waals surface area contributed by atoms with Crippen LogP contribution in [0.1, 0.15) is 27.4 Å². The van der Waals surface area contributed by atoms with Crippen molar-refractivity contribution >= 4 is 11.6 Å². The number of ketones is 2. The van der Waals surface area contributed by atoms with Crippen LogP contribution in [0.5, 0.6) is 0 Å². The normalized spacial score (nSPS) is 10.5. The summed E-state index contributed by atoms with van der Waals surface area (Å²) in [6.45, 7) is 0. The maximum absolute atomic E-state index is 12.0. The van der Waals surface area contributed by atoms with E-state index in [2.05, 4.69) is 25.1 Å². The molecule has 0 unspecified atom stereocenters. The molecule has 0 spiro atoms. The number of aromatic amines is 2. The van der Waals surface area contributed by atoms with Gasteiger partial charge in [0.05, 0.1) is 0 Å². The van der Waals surface area contributed by atoms with Crippen LogP contribution in [0.25, 0.3) is 0 Å². The Morgan fingerprint density at radius 1 is 1.09 bits per heavy atom. The molecular weight excluding hydrogens is 282 g/mol. The predicted molar refractivity (Wildman–Crippen MR) is 77.3 cm³/mol. The zero-order valence-electron chi connectivity index (χ0n) is 11.6. The number of H-pyrrole nitrogens is 2. The number of carbonyl (C=O) groups is 2. The van der Waals surface area contributed by atoms with E-state index < -0.39 is 11.6 Å². The van der Waals surface area contributed by atoms with Gasteiger partial charge in [0.2, 0.25) is 11.6 Å². The second-order valence-corrected chi connectivity index (χ2v) is 4.76. The molecule has 0 aliphatic heterocycles.